The molecule has 0 aromatic rings. The van der Waals surface area contributed by atoms with Gasteiger partial charge < -0.3 is 2.85 Å². The van der Waals surface area contributed by atoms with Crippen molar-refractivity contribution in [3.63, 3.8) is 0 Å². The minimum atomic E-state index is 0. The molecule has 0 aromatic heterocycles. The van der Waals surface area contributed by atoms with Gasteiger partial charge in [-0.3, -0.25) is 0 Å². The van der Waals surface area contributed by atoms with Crippen LogP contribution in [0.5, 0.6) is 0 Å². The fourth-order valence-corrected chi connectivity index (χ4v) is 0. The van der Waals surface area contributed by atoms with E-state index in [0.29, 0.717) is 0 Å². The van der Waals surface area contributed by atoms with Crippen molar-refractivity contribution in [3.05, 3.63) is 0 Å². The van der Waals surface area contributed by atoms with Gasteiger partial charge in [-0.2, -0.15) is 0 Å². The average molecular weight is 182 g/mol. The molecule has 5 heteroatoms. The Morgan fingerprint density at radius 1 is 0.800 bits per heavy atom. The molecule has 0 aliphatic carbocycles. The van der Waals surface area contributed by atoms with E-state index < -0.39 is 0 Å². The van der Waals surface area contributed by atoms with E-state index in [1.165, 1.54) is 0 Å². The second kappa shape index (κ2) is 28.1. The zero-order valence-corrected chi connectivity index (χ0v) is 5.80. The largest absolute Gasteiger partial charge is 2.00 e. The van der Waals surface area contributed by atoms with Gasteiger partial charge >= 0.3 is 23.1 Å². The van der Waals surface area contributed by atoms with Crippen LogP contribution in [0.4, 0.5) is 0 Å². The van der Waals surface area contributed by atoms with E-state index in [1.807, 2.05) is 0 Å². The molecule has 0 atom stereocenters. The van der Waals surface area contributed by atoms with Crippen molar-refractivity contribution >= 4 is 75.1 Å². The molecule has 0 radical (unpaired) electrons. The third-order valence-electron chi connectivity index (χ3n) is 0. The first-order valence-electron chi connectivity index (χ1n) is 0. The Labute approximate surface area is 96.1 Å². The van der Waals surface area contributed by atoms with Crippen molar-refractivity contribution < 1.29 is 22.3 Å². The zero-order valence-electron chi connectivity index (χ0n) is 3.41. The molecule has 0 rings (SSSR count). The van der Waals surface area contributed by atoms with Gasteiger partial charge in [0.05, 0.1) is 0 Å². The third kappa shape index (κ3) is 19.5. The van der Waals surface area contributed by atoms with Crippen molar-refractivity contribution in [1.29, 1.82) is 0 Å². The Morgan fingerprint density at radius 3 is 0.800 bits per heavy atom. The summed E-state index contributed by atoms with van der Waals surface area (Å²) in [6.45, 7) is 0. The minimum absolute atomic E-state index is 0. The second-order valence-corrected chi connectivity index (χ2v) is 0. The minimum Gasteiger partial charge on any atom is -1.00 e. The molecule has 0 aromatic carbocycles. The van der Waals surface area contributed by atoms with E-state index in [0.717, 1.165) is 0 Å². The summed E-state index contributed by atoms with van der Waals surface area (Å²) in [5.74, 6) is 0. The molecule has 0 bridgehead atoms. The first-order chi connectivity index (χ1) is 0. The summed E-state index contributed by atoms with van der Waals surface area (Å²) in [7, 11) is 0. The molecule has 0 heterocycles. The molecule has 5 heavy (non-hydrogen) atoms. The fraction of sp³-hybridized carbons (Fsp3) is 0. The molecule has 0 nitrogen and oxygen atoms in total. The standard InChI is InChI=1S/3Al.Mg.Zn.11H/q;;;+2;;;;;;;;;;;2*-1. The van der Waals surface area contributed by atoms with E-state index >= 15 is 0 Å². The molecular formula is H11Al3MgZn. The molecule has 0 amide bonds. The molecule has 24 valence electrons. The van der Waals surface area contributed by atoms with Gasteiger partial charge in [0.25, 0.3) is 0 Å². The Bertz CT molecular complexity index is 12.9. The predicted molar refractivity (Wildman–Crippen MR) is 37.8 cm³/mol. The van der Waals surface area contributed by atoms with Crippen molar-refractivity contribution in [2.75, 3.05) is 0 Å². The first-order valence-corrected chi connectivity index (χ1v) is 0. The molecule has 0 unspecified atom stereocenters. The van der Waals surface area contributed by atoms with Gasteiger partial charge in [0, 0.05) is 19.5 Å². The third-order valence-corrected chi connectivity index (χ3v) is 0. The van der Waals surface area contributed by atoms with Crippen LogP contribution in [0.15, 0.2) is 0 Å². The first kappa shape index (κ1) is 43.7. The summed E-state index contributed by atoms with van der Waals surface area (Å²) >= 11 is 0. The summed E-state index contributed by atoms with van der Waals surface area (Å²) in [4.78, 5) is 0. The average Bonchev–Trinajstić information content (AvgIpc) is 0. The van der Waals surface area contributed by atoms with Gasteiger partial charge in [0.15, 0.2) is 52.1 Å². The monoisotopic (exact) mass is 180 g/mol. The van der Waals surface area contributed by atoms with Crippen molar-refractivity contribution in [2.24, 2.45) is 0 Å². The molecule has 0 aliphatic heterocycles. The van der Waals surface area contributed by atoms with Crippen molar-refractivity contribution in [2.45, 2.75) is 0 Å². The summed E-state index contributed by atoms with van der Waals surface area (Å²) < 4.78 is 0. The predicted octanol–water partition coefficient (Wildman–Crippen LogP) is -3.71. The van der Waals surface area contributed by atoms with Gasteiger partial charge in [0.2, 0.25) is 0 Å². The number of rotatable bonds is 0. The van der Waals surface area contributed by atoms with Gasteiger partial charge in [0.1, 0.15) is 0 Å². The maximum absolute atomic E-state index is 0. The van der Waals surface area contributed by atoms with Crippen molar-refractivity contribution in [3.8, 4) is 0 Å². The normalized spacial score (nSPS) is 0. The second-order valence-electron chi connectivity index (χ2n) is 0. The summed E-state index contributed by atoms with van der Waals surface area (Å²) in [6.07, 6.45) is 0. The summed E-state index contributed by atoms with van der Waals surface area (Å²) in [6, 6.07) is 0. The van der Waals surface area contributed by atoms with Crippen LogP contribution in [-0.4, -0.2) is 75.1 Å². The van der Waals surface area contributed by atoms with E-state index in [2.05, 4.69) is 0 Å². The SMILES string of the molecule is [AlH3].[AlH3].[AlH3].[H-].[H-].[Mg+2].[Zn]. The van der Waals surface area contributed by atoms with Gasteiger partial charge in [-0.25, -0.2) is 0 Å². The van der Waals surface area contributed by atoms with Crippen LogP contribution in [0, 0.1) is 0 Å². The number of hydrogen-bond acceptors (Lipinski definition) is 0. The van der Waals surface area contributed by atoms with Crippen LogP contribution in [0.1, 0.15) is 2.85 Å². The van der Waals surface area contributed by atoms with E-state index in [4.69, 9.17) is 0 Å². The van der Waals surface area contributed by atoms with E-state index in [-0.39, 0.29) is 97.5 Å². The summed E-state index contributed by atoms with van der Waals surface area (Å²) in [5, 5.41) is 0. The molecule has 0 N–H and O–H groups in total. The molecule has 0 saturated carbocycles. The van der Waals surface area contributed by atoms with Crippen LogP contribution in [0.3, 0.4) is 0 Å². The maximum atomic E-state index is 0. The fourth-order valence-electron chi connectivity index (χ4n) is 0. The van der Waals surface area contributed by atoms with E-state index in [1.54, 1.807) is 0 Å². The van der Waals surface area contributed by atoms with Crippen LogP contribution in [-0.2, 0) is 19.5 Å². The van der Waals surface area contributed by atoms with Crippen molar-refractivity contribution in [1.82, 2.24) is 0 Å². The quantitative estimate of drug-likeness (QED) is 0.338. The Morgan fingerprint density at radius 2 is 0.800 bits per heavy atom. The smallest absolute Gasteiger partial charge is 1.00 e. The van der Waals surface area contributed by atoms with E-state index in [9.17, 15) is 0 Å². The zero-order chi connectivity index (χ0) is 0. The maximum Gasteiger partial charge on any atom is 2.00 e. The molecule has 0 fully saturated rings. The van der Waals surface area contributed by atoms with Crippen LogP contribution in [0.25, 0.3) is 0 Å². The van der Waals surface area contributed by atoms with Gasteiger partial charge in [-0.1, -0.05) is 0 Å². The molecule has 0 aliphatic rings. The van der Waals surface area contributed by atoms with Gasteiger partial charge in [-0.15, -0.1) is 0 Å². The Balaban J connectivity index is 0. The van der Waals surface area contributed by atoms with Crippen LogP contribution < -0.4 is 0 Å². The van der Waals surface area contributed by atoms with Crippen LogP contribution >= 0.6 is 0 Å². The topological polar surface area (TPSA) is 0 Å². The Hall–Kier alpha value is 2.99. The summed E-state index contributed by atoms with van der Waals surface area (Å²) in [5.41, 5.74) is 0. The van der Waals surface area contributed by atoms with Gasteiger partial charge in [-0.05, 0) is 0 Å². The Kier molecular flexibility index (Phi) is 245. The number of hydrogen-bond donors (Lipinski definition) is 0. The molecule has 0 spiro atoms. The molecule has 0 saturated heterocycles. The van der Waals surface area contributed by atoms with Crippen LogP contribution in [0.2, 0.25) is 0 Å². The molecular weight excluding hydrogens is 171 g/mol.